The summed E-state index contributed by atoms with van der Waals surface area (Å²) in [5.74, 6) is 0.0792. The number of amides is 1. The predicted molar refractivity (Wildman–Crippen MR) is 78.3 cm³/mol. The highest BCUT2D eigenvalue weighted by Gasteiger charge is 2.18. The van der Waals surface area contributed by atoms with Gasteiger partial charge in [-0.3, -0.25) is 4.79 Å². The van der Waals surface area contributed by atoms with Crippen LogP contribution in [-0.4, -0.2) is 18.0 Å². The van der Waals surface area contributed by atoms with Gasteiger partial charge in [-0.1, -0.05) is 41.9 Å². The van der Waals surface area contributed by atoms with Crippen molar-refractivity contribution >= 4 is 21.8 Å². The van der Waals surface area contributed by atoms with Crippen molar-refractivity contribution in [2.45, 2.75) is 39.3 Å². The second kappa shape index (κ2) is 6.90. The Bertz CT molecular complexity index is 407. The summed E-state index contributed by atoms with van der Waals surface area (Å²) in [4.78, 5) is 11.8. The molecule has 2 atom stereocenters. The second-order valence-corrected chi connectivity index (χ2v) is 5.93. The highest BCUT2D eigenvalue weighted by atomic mass is 79.9. The van der Waals surface area contributed by atoms with E-state index in [1.165, 1.54) is 5.56 Å². The Kier molecular flexibility index (Phi) is 5.82. The number of nitrogens with two attached hydrogens (primary N) is 1. The maximum absolute atomic E-state index is 11.8. The molecule has 3 N–H and O–H groups in total. The summed E-state index contributed by atoms with van der Waals surface area (Å²) in [6, 6.07) is 7.74. The minimum absolute atomic E-state index is 0.0764. The Morgan fingerprint density at radius 3 is 2.61 bits per heavy atom. The van der Waals surface area contributed by atoms with E-state index in [9.17, 15) is 4.79 Å². The largest absolute Gasteiger partial charge is 0.352 e. The topological polar surface area (TPSA) is 55.1 Å². The van der Waals surface area contributed by atoms with E-state index in [1.54, 1.807) is 0 Å². The third-order valence-electron chi connectivity index (χ3n) is 2.84. The molecule has 1 unspecified atom stereocenters. The molecule has 0 heterocycles. The van der Waals surface area contributed by atoms with E-state index in [0.29, 0.717) is 0 Å². The van der Waals surface area contributed by atoms with Crippen LogP contribution in [0, 0.1) is 5.92 Å². The highest BCUT2D eigenvalue weighted by molar-refractivity contribution is 9.10. The first-order valence-electron chi connectivity index (χ1n) is 6.20. The van der Waals surface area contributed by atoms with Crippen LogP contribution in [0.25, 0.3) is 0 Å². The summed E-state index contributed by atoms with van der Waals surface area (Å²) in [7, 11) is 0. The lowest BCUT2D eigenvalue weighted by atomic mass is 10.0. The summed E-state index contributed by atoms with van der Waals surface area (Å²) >= 11 is 3.44. The normalized spacial score (nSPS) is 14.3. The molecular formula is C14H21BrN2O. The van der Waals surface area contributed by atoms with Crippen molar-refractivity contribution in [2.75, 3.05) is 0 Å². The number of rotatable bonds is 5. The Morgan fingerprint density at radius 2 is 2.06 bits per heavy atom. The molecule has 1 aromatic rings. The van der Waals surface area contributed by atoms with Crippen LogP contribution in [-0.2, 0) is 11.2 Å². The van der Waals surface area contributed by atoms with Gasteiger partial charge in [0, 0.05) is 10.5 Å². The van der Waals surface area contributed by atoms with E-state index in [-0.39, 0.29) is 17.9 Å². The zero-order valence-electron chi connectivity index (χ0n) is 11.1. The summed E-state index contributed by atoms with van der Waals surface area (Å²) in [5, 5.41) is 2.95. The van der Waals surface area contributed by atoms with Crippen molar-refractivity contribution in [3.8, 4) is 0 Å². The van der Waals surface area contributed by atoms with Crippen molar-refractivity contribution in [1.82, 2.24) is 5.32 Å². The van der Waals surface area contributed by atoms with Gasteiger partial charge in [-0.15, -0.1) is 0 Å². The zero-order chi connectivity index (χ0) is 13.7. The van der Waals surface area contributed by atoms with Gasteiger partial charge < -0.3 is 11.1 Å². The summed E-state index contributed by atoms with van der Waals surface area (Å²) < 4.78 is 1.05. The first-order chi connectivity index (χ1) is 8.40. The molecule has 0 aliphatic heterocycles. The number of hydrogen-bond acceptors (Lipinski definition) is 2. The Labute approximate surface area is 117 Å². The monoisotopic (exact) mass is 312 g/mol. The van der Waals surface area contributed by atoms with Crippen molar-refractivity contribution in [1.29, 1.82) is 0 Å². The van der Waals surface area contributed by atoms with E-state index in [2.05, 4.69) is 33.4 Å². The molecule has 0 fully saturated rings. The van der Waals surface area contributed by atoms with E-state index in [1.807, 2.05) is 32.9 Å². The quantitative estimate of drug-likeness (QED) is 0.877. The van der Waals surface area contributed by atoms with Gasteiger partial charge in [0.15, 0.2) is 0 Å². The third kappa shape index (κ3) is 4.78. The van der Waals surface area contributed by atoms with Gasteiger partial charge in [-0.2, -0.15) is 0 Å². The lowest BCUT2D eigenvalue weighted by Crippen LogP contribution is -2.47. The number of hydrogen-bond donors (Lipinski definition) is 2. The van der Waals surface area contributed by atoms with Crippen molar-refractivity contribution in [3.63, 3.8) is 0 Å². The van der Waals surface area contributed by atoms with Crippen LogP contribution in [0.2, 0.25) is 0 Å². The van der Waals surface area contributed by atoms with Gasteiger partial charge in [0.05, 0.1) is 6.04 Å². The number of nitrogens with one attached hydrogen (secondary N) is 1. The standard InChI is InChI=1S/C14H21BrN2O/c1-9(2)13(16)14(18)17-10(3)7-11-5-4-6-12(15)8-11/h4-6,8-10,13H,7,16H2,1-3H3,(H,17,18)/t10?,13-/m0/s1. The smallest absolute Gasteiger partial charge is 0.237 e. The van der Waals surface area contributed by atoms with Crippen LogP contribution in [0.4, 0.5) is 0 Å². The number of benzene rings is 1. The Hall–Kier alpha value is -0.870. The molecule has 1 amide bonds. The maximum Gasteiger partial charge on any atom is 0.237 e. The summed E-state index contributed by atoms with van der Waals surface area (Å²) in [6.45, 7) is 5.89. The molecule has 1 rings (SSSR count). The number of carbonyl (C=O) groups is 1. The molecule has 0 aliphatic carbocycles. The molecule has 0 radical (unpaired) electrons. The fourth-order valence-corrected chi connectivity index (χ4v) is 2.16. The number of halogens is 1. The van der Waals surface area contributed by atoms with Crippen molar-refractivity contribution in [3.05, 3.63) is 34.3 Å². The van der Waals surface area contributed by atoms with Crippen LogP contribution in [0.5, 0.6) is 0 Å². The first kappa shape index (κ1) is 15.2. The minimum Gasteiger partial charge on any atom is -0.352 e. The van der Waals surface area contributed by atoms with Gasteiger partial charge in [-0.05, 0) is 37.0 Å². The van der Waals surface area contributed by atoms with Gasteiger partial charge >= 0.3 is 0 Å². The van der Waals surface area contributed by atoms with Gasteiger partial charge in [-0.25, -0.2) is 0 Å². The first-order valence-corrected chi connectivity index (χ1v) is 7.00. The molecule has 4 heteroatoms. The zero-order valence-corrected chi connectivity index (χ0v) is 12.7. The van der Waals surface area contributed by atoms with Gasteiger partial charge in [0.1, 0.15) is 0 Å². The lowest BCUT2D eigenvalue weighted by molar-refractivity contribution is -0.123. The minimum atomic E-state index is -0.435. The highest BCUT2D eigenvalue weighted by Crippen LogP contribution is 2.13. The molecule has 0 bridgehead atoms. The predicted octanol–water partition coefficient (Wildman–Crippen LogP) is 2.48. The van der Waals surface area contributed by atoms with Crippen LogP contribution in [0.3, 0.4) is 0 Å². The Balaban J connectivity index is 2.51. The summed E-state index contributed by atoms with van der Waals surface area (Å²) in [6.07, 6.45) is 0.802. The van der Waals surface area contributed by atoms with E-state index < -0.39 is 6.04 Å². The average Bonchev–Trinajstić information content (AvgIpc) is 2.27. The lowest BCUT2D eigenvalue weighted by Gasteiger charge is -2.19. The molecule has 0 aromatic heterocycles. The second-order valence-electron chi connectivity index (χ2n) is 5.01. The van der Waals surface area contributed by atoms with Crippen LogP contribution < -0.4 is 11.1 Å². The van der Waals surface area contributed by atoms with Crippen LogP contribution in [0.15, 0.2) is 28.7 Å². The van der Waals surface area contributed by atoms with Gasteiger partial charge in [0.2, 0.25) is 5.91 Å². The number of carbonyl (C=O) groups excluding carboxylic acids is 1. The van der Waals surface area contributed by atoms with E-state index in [4.69, 9.17) is 5.73 Å². The van der Waals surface area contributed by atoms with Gasteiger partial charge in [0.25, 0.3) is 0 Å². The molecule has 18 heavy (non-hydrogen) atoms. The molecule has 0 saturated heterocycles. The van der Waals surface area contributed by atoms with Crippen molar-refractivity contribution in [2.24, 2.45) is 11.7 Å². The van der Waals surface area contributed by atoms with E-state index in [0.717, 1.165) is 10.9 Å². The SMILES string of the molecule is CC(Cc1cccc(Br)c1)NC(=O)[C@@H](N)C(C)C. The summed E-state index contributed by atoms with van der Waals surface area (Å²) in [5.41, 5.74) is 7.00. The van der Waals surface area contributed by atoms with Crippen molar-refractivity contribution < 1.29 is 4.79 Å². The molecule has 3 nitrogen and oxygen atoms in total. The fourth-order valence-electron chi connectivity index (χ4n) is 1.71. The average molecular weight is 313 g/mol. The molecule has 0 spiro atoms. The third-order valence-corrected chi connectivity index (χ3v) is 3.33. The van der Waals surface area contributed by atoms with Crippen LogP contribution >= 0.6 is 15.9 Å². The van der Waals surface area contributed by atoms with Crippen LogP contribution in [0.1, 0.15) is 26.3 Å². The molecule has 1 aromatic carbocycles. The molecule has 0 saturated carbocycles. The molecule has 0 aliphatic rings. The van der Waals surface area contributed by atoms with E-state index >= 15 is 0 Å². The molecule has 100 valence electrons. The maximum atomic E-state index is 11.8. The Morgan fingerprint density at radius 1 is 1.39 bits per heavy atom. The molecular weight excluding hydrogens is 292 g/mol. The fraction of sp³-hybridized carbons (Fsp3) is 0.500.